The number of nitrogens with one attached hydrogen (secondary N) is 2. The first-order valence-corrected chi connectivity index (χ1v) is 12.9. The van der Waals surface area contributed by atoms with Crippen LogP contribution in [0, 0.1) is 17.0 Å². The second-order valence-electron chi connectivity index (χ2n) is 9.49. The molecule has 10 nitrogen and oxygen atoms in total. The van der Waals surface area contributed by atoms with Crippen LogP contribution in [-0.2, 0) is 14.4 Å². The van der Waals surface area contributed by atoms with Crippen LogP contribution in [0.3, 0.4) is 0 Å². The molecular formula is C30H26F2LiN3O7. The monoisotopic (exact) mass is 585 g/mol. The first-order valence-electron chi connectivity index (χ1n) is 12.9. The molecule has 218 valence electrons. The van der Waals surface area contributed by atoms with E-state index in [1.807, 2.05) is 0 Å². The molecule has 4 aromatic rings. The maximum absolute atomic E-state index is 15.1. The average Bonchev–Trinajstić information content (AvgIpc) is 3.77. The van der Waals surface area contributed by atoms with E-state index in [0.29, 0.717) is 29.4 Å². The zero-order chi connectivity index (χ0) is 29.9. The van der Waals surface area contributed by atoms with Crippen LogP contribution in [-0.4, -0.2) is 59.9 Å². The molecule has 0 spiro atoms. The van der Waals surface area contributed by atoms with Gasteiger partial charge in [0, 0.05) is 35.1 Å². The third-order valence-electron chi connectivity index (χ3n) is 6.55. The van der Waals surface area contributed by atoms with Gasteiger partial charge in [-0.05, 0) is 68.3 Å². The summed E-state index contributed by atoms with van der Waals surface area (Å²) in [6, 6.07) is 13.6. The Labute approximate surface area is 256 Å². The summed E-state index contributed by atoms with van der Waals surface area (Å²) in [6.45, 7) is 1.46. The predicted octanol–water partition coefficient (Wildman–Crippen LogP) is 4.88. The molecule has 1 heterocycles. The van der Waals surface area contributed by atoms with E-state index >= 15 is 4.39 Å². The van der Waals surface area contributed by atoms with Gasteiger partial charge in [0.15, 0.2) is 29.7 Å². The number of benzene rings is 3. The predicted molar refractivity (Wildman–Crippen MR) is 155 cm³/mol. The summed E-state index contributed by atoms with van der Waals surface area (Å²) >= 11 is 0. The second-order valence-corrected chi connectivity index (χ2v) is 9.49. The number of hydrogen-bond donors (Lipinski definition) is 3. The van der Waals surface area contributed by atoms with Gasteiger partial charge in [0.1, 0.15) is 17.0 Å². The van der Waals surface area contributed by atoms with Gasteiger partial charge in [-0.1, -0.05) is 0 Å². The van der Waals surface area contributed by atoms with Gasteiger partial charge in [0.05, 0.1) is 12.1 Å². The molecule has 0 radical (unpaired) electrons. The standard InChI is InChI=1S/C30H25F2N3O7.Li.H/c1-2-40-25-14-20-22(15-26(25)41-16-27(36)37)33-12-9-23(20)42-24-8-7-19(13-21(24)32)35-29(39)30(10-11-30)28(38)34-18-5-3-17(31)4-6-18;;/h3-9,12-15H,2,10-11,16H2,1H3,(H,34,38)(H,35,39)(H,36,37);;. The number of carbonyl (C=O) groups excluding carboxylic acids is 2. The molecule has 13 heteroatoms. The number of aromatic nitrogens is 1. The fourth-order valence-electron chi connectivity index (χ4n) is 4.23. The summed E-state index contributed by atoms with van der Waals surface area (Å²) in [5.41, 5.74) is -0.422. The summed E-state index contributed by atoms with van der Waals surface area (Å²) in [7, 11) is 0. The molecular weight excluding hydrogens is 559 g/mol. The topological polar surface area (TPSA) is 136 Å². The van der Waals surface area contributed by atoms with Crippen molar-refractivity contribution >= 4 is 58.9 Å². The van der Waals surface area contributed by atoms with Gasteiger partial charge in [-0.25, -0.2) is 13.6 Å². The molecule has 43 heavy (non-hydrogen) atoms. The van der Waals surface area contributed by atoms with Crippen molar-refractivity contribution in [3.63, 3.8) is 0 Å². The number of carboxylic acid groups (broad SMARTS) is 1. The molecule has 0 aliphatic heterocycles. The van der Waals surface area contributed by atoms with Gasteiger partial charge in [-0.3, -0.25) is 14.6 Å². The second kappa shape index (κ2) is 13.1. The van der Waals surface area contributed by atoms with Gasteiger partial charge in [-0.2, -0.15) is 0 Å². The Morgan fingerprint density at radius 1 is 0.860 bits per heavy atom. The van der Waals surface area contributed by atoms with Gasteiger partial charge in [-0.15, -0.1) is 0 Å². The number of anilines is 2. The Morgan fingerprint density at radius 3 is 2.14 bits per heavy atom. The molecule has 3 N–H and O–H groups in total. The fraction of sp³-hybridized carbons (Fsp3) is 0.200. The molecule has 1 aliphatic rings. The molecule has 0 unspecified atom stereocenters. The van der Waals surface area contributed by atoms with E-state index in [9.17, 15) is 18.8 Å². The van der Waals surface area contributed by atoms with Crippen LogP contribution >= 0.6 is 0 Å². The molecule has 3 aromatic carbocycles. The number of aliphatic carboxylic acids is 1. The molecule has 1 aromatic heterocycles. The number of carbonyl (C=O) groups is 3. The average molecular weight is 585 g/mol. The number of pyridine rings is 1. The van der Waals surface area contributed by atoms with Crippen molar-refractivity contribution in [2.24, 2.45) is 5.41 Å². The van der Waals surface area contributed by atoms with Crippen LogP contribution in [0.5, 0.6) is 23.0 Å². The molecule has 2 amide bonds. The van der Waals surface area contributed by atoms with Gasteiger partial charge >= 0.3 is 24.8 Å². The zero-order valence-corrected chi connectivity index (χ0v) is 22.3. The van der Waals surface area contributed by atoms with Crippen LogP contribution < -0.4 is 24.8 Å². The molecule has 0 atom stereocenters. The van der Waals surface area contributed by atoms with Crippen molar-refractivity contribution in [2.45, 2.75) is 19.8 Å². The van der Waals surface area contributed by atoms with E-state index in [4.69, 9.17) is 19.3 Å². The van der Waals surface area contributed by atoms with E-state index in [1.54, 1.807) is 13.0 Å². The van der Waals surface area contributed by atoms with E-state index in [-0.39, 0.29) is 54.2 Å². The number of rotatable bonds is 11. The van der Waals surface area contributed by atoms with Crippen LogP contribution in [0.25, 0.3) is 10.9 Å². The summed E-state index contributed by atoms with van der Waals surface area (Å²) < 4.78 is 45.0. The van der Waals surface area contributed by atoms with E-state index in [2.05, 4.69) is 15.6 Å². The quantitative estimate of drug-likeness (QED) is 0.168. The van der Waals surface area contributed by atoms with Crippen molar-refractivity contribution in [3.05, 3.63) is 78.5 Å². The van der Waals surface area contributed by atoms with Gasteiger partial charge < -0.3 is 30.0 Å². The molecule has 0 saturated heterocycles. The summed E-state index contributed by atoms with van der Waals surface area (Å²) in [4.78, 5) is 41.0. The van der Waals surface area contributed by atoms with Crippen LogP contribution in [0.1, 0.15) is 19.8 Å². The van der Waals surface area contributed by atoms with E-state index < -0.39 is 41.4 Å². The van der Waals surface area contributed by atoms with Crippen molar-refractivity contribution in [1.82, 2.24) is 4.98 Å². The van der Waals surface area contributed by atoms with Gasteiger partial charge in [0.25, 0.3) is 0 Å². The minimum atomic E-state index is -1.30. The molecule has 0 bridgehead atoms. The number of amides is 2. The first kappa shape index (κ1) is 31.3. The number of halogens is 2. The Kier molecular flexibility index (Phi) is 9.53. The molecule has 1 saturated carbocycles. The maximum atomic E-state index is 15.1. The van der Waals surface area contributed by atoms with Crippen molar-refractivity contribution in [3.8, 4) is 23.0 Å². The van der Waals surface area contributed by atoms with Crippen LogP contribution in [0.15, 0.2) is 66.9 Å². The van der Waals surface area contributed by atoms with Crippen molar-refractivity contribution < 1.29 is 42.5 Å². The SMILES string of the molecule is CCOc1cc2c(Oc3ccc(NC(=O)C4(C(=O)Nc5ccc(F)cc5)CC4)cc3F)ccnc2cc1OCC(=O)O.[LiH]. The Bertz CT molecular complexity index is 1680. The van der Waals surface area contributed by atoms with Crippen LogP contribution in [0.2, 0.25) is 0 Å². The van der Waals surface area contributed by atoms with Crippen molar-refractivity contribution in [2.75, 3.05) is 23.8 Å². The first-order chi connectivity index (χ1) is 20.2. The Hall–Kier alpha value is -4.66. The summed E-state index contributed by atoms with van der Waals surface area (Å²) in [6.07, 6.45) is 2.08. The van der Waals surface area contributed by atoms with Gasteiger partial charge in [0.2, 0.25) is 11.8 Å². The number of ether oxygens (including phenoxy) is 3. The number of fused-ring (bicyclic) bond motifs is 1. The third kappa shape index (κ3) is 7.05. The third-order valence-corrected chi connectivity index (χ3v) is 6.55. The molecule has 1 aliphatic carbocycles. The normalized spacial score (nSPS) is 12.9. The van der Waals surface area contributed by atoms with Crippen LogP contribution in [0.4, 0.5) is 20.2 Å². The van der Waals surface area contributed by atoms with Crippen molar-refractivity contribution in [1.29, 1.82) is 0 Å². The molecule has 5 rings (SSSR count). The number of hydrogen-bond acceptors (Lipinski definition) is 7. The molecule has 1 fully saturated rings. The number of carboxylic acids is 1. The summed E-state index contributed by atoms with van der Waals surface area (Å²) in [5.74, 6) is -2.94. The fourth-order valence-corrected chi connectivity index (χ4v) is 4.23. The zero-order valence-electron chi connectivity index (χ0n) is 22.3. The number of nitrogens with zero attached hydrogens (tertiary/aromatic N) is 1. The Balaban J connectivity index is 0.00000423. The van der Waals surface area contributed by atoms with E-state index in [1.165, 1.54) is 54.7 Å². The summed E-state index contributed by atoms with van der Waals surface area (Å²) in [5, 5.41) is 14.6. The minimum absolute atomic E-state index is 0. The Morgan fingerprint density at radius 2 is 1.51 bits per heavy atom. The van der Waals surface area contributed by atoms with E-state index in [0.717, 1.165) is 6.07 Å².